The minimum Gasteiger partial charge on any atom is -0.459 e. The molecule has 0 amide bonds. The van der Waals surface area contributed by atoms with Gasteiger partial charge in [-0.15, -0.1) is 0 Å². The summed E-state index contributed by atoms with van der Waals surface area (Å²) < 4.78 is 22.2. The van der Waals surface area contributed by atoms with E-state index in [2.05, 4.69) is 13.2 Å². The molecule has 2 aliphatic rings. The minimum atomic E-state index is -1.15. The van der Waals surface area contributed by atoms with Gasteiger partial charge in [0, 0.05) is 16.7 Å². The van der Waals surface area contributed by atoms with Gasteiger partial charge >= 0.3 is 23.9 Å². The Bertz CT molecular complexity index is 936. The molecule has 1 aromatic carbocycles. The average molecular weight is 513 g/mol. The Morgan fingerprint density at radius 1 is 0.676 bits per heavy atom. The third-order valence-electron chi connectivity index (χ3n) is 6.78. The predicted octanol–water partition coefficient (Wildman–Crippen LogP) is 5.13. The zero-order chi connectivity index (χ0) is 26.9. The Morgan fingerprint density at radius 2 is 1.05 bits per heavy atom. The highest BCUT2D eigenvalue weighted by molar-refractivity contribution is 5.87. The van der Waals surface area contributed by atoms with Gasteiger partial charge in [-0.05, 0) is 65.2 Å². The number of carbonyl (C=O) groups excluding carboxylic acids is 4. The molecule has 0 heterocycles. The van der Waals surface area contributed by atoms with Gasteiger partial charge in [0.05, 0.1) is 11.8 Å². The van der Waals surface area contributed by atoms with Crippen LogP contribution in [0.1, 0.15) is 77.1 Å². The van der Waals surface area contributed by atoms with Crippen molar-refractivity contribution in [1.29, 1.82) is 0 Å². The van der Waals surface area contributed by atoms with Crippen LogP contribution in [0.2, 0.25) is 0 Å². The first-order chi connectivity index (χ1) is 17.6. The molecule has 0 aromatic heterocycles. The summed E-state index contributed by atoms with van der Waals surface area (Å²) in [6.07, 6.45) is 2.58. The van der Waals surface area contributed by atoms with Crippen LogP contribution in [0.4, 0.5) is 0 Å². The van der Waals surface area contributed by atoms with Gasteiger partial charge in [0.25, 0.3) is 6.29 Å². The van der Waals surface area contributed by atoms with Crippen LogP contribution in [0.5, 0.6) is 0 Å². The quantitative estimate of drug-likeness (QED) is 0.194. The van der Waals surface area contributed by atoms with Gasteiger partial charge in [0.1, 0.15) is 12.2 Å². The number of esters is 4. The van der Waals surface area contributed by atoms with Crippen molar-refractivity contribution < 1.29 is 38.1 Å². The van der Waals surface area contributed by atoms with Gasteiger partial charge < -0.3 is 18.9 Å². The van der Waals surface area contributed by atoms with E-state index >= 15 is 0 Å². The molecule has 0 unspecified atom stereocenters. The van der Waals surface area contributed by atoms with Crippen LogP contribution in [0.15, 0.2) is 54.6 Å². The fraction of sp³-hybridized carbons (Fsp3) is 0.517. The van der Waals surface area contributed by atoms with E-state index in [1.54, 1.807) is 38.1 Å². The average Bonchev–Trinajstić information content (AvgIpc) is 2.89. The molecule has 1 aromatic rings. The lowest BCUT2D eigenvalue weighted by atomic mass is 9.87. The number of carbonyl (C=O) groups is 4. The second kappa shape index (κ2) is 13.2. The molecule has 0 spiro atoms. The Morgan fingerprint density at radius 3 is 1.41 bits per heavy atom. The molecule has 8 heteroatoms. The van der Waals surface area contributed by atoms with Crippen LogP contribution >= 0.6 is 0 Å². The summed E-state index contributed by atoms with van der Waals surface area (Å²) in [7, 11) is 0. The largest absolute Gasteiger partial charge is 0.459 e. The topological polar surface area (TPSA) is 105 Å². The SMILES string of the molecule is C=C(C)C(=O)OC1CCC(C(=O)OC(OC(=O)C2CCC(OC(=O)C(=C)C)CC2)c2ccccc2)CC1. The summed E-state index contributed by atoms with van der Waals surface area (Å²) in [5, 5.41) is 0. The maximum absolute atomic E-state index is 13.0. The van der Waals surface area contributed by atoms with Crippen molar-refractivity contribution in [2.24, 2.45) is 11.8 Å². The van der Waals surface area contributed by atoms with Gasteiger partial charge in [-0.2, -0.15) is 0 Å². The summed E-state index contributed by atoms with van der Waals surface area (Å²) in [6.45, 7) is 10.4. The number of hydrogen-bond donors (Lipinski definition) is 0. The van der Waals surface area contributed by atoms with E-state index in [1.165, 1.54) is 0 Å². The fourth-order valence-corrected chi connectivity index (χ4v) is 4.51. The third-order valence-corrected chi connectivity index (χ3v) is 6.78. The normalized spacial score (nSPS) is 24.2. The van der Waals surface area contributed by atoms with Crippen LogP contribution < -0.4 is 0 Å². The van der Waals surface area contributed by atoms with E-state index in [4.69, 9.17) is 18.9 Å². The third kappa shape index (κ3) is 8.30. The molecule has 0 N–H and O–H groups in total. The van der Waals surface area contributed by atoms with Crippen molar-refractivity contribution in [1.82, 2.24) is 0 Å². The summed E-state index contributed by atoms with van der Waals surface area (Å²) in [4.78, 5) is 49.5. The first-order valence-corrected chi connectivity index (χ1v) is 12.8. The molecule has 37 heavy (non-hydrogen) atoms. The van der Waals surface area contributed by atoms with Gasteiger partial charge in [0.2, 0.25) is 0 Å². The van der Waals surface area contributed by atoms with E-state index in [-0.39, 0.29) is 24.0 Å². The van der Waals surface area contributed by atoms with Gasteiger partial charge in [0.15, 0.2) is 0 Å². The van der Waals surface area contributed by atoms with Crippen LogP contribution in [0, 0.1) is 11.8 Å². The number of hydrogen-bond acceptors (Lipinski definition) is 8. The van der Waals surface area contributed by atoms with Crippen molar-refractivity contribution >= 4 is 23.9 Å². The van der Waals surface area contributed by atoms with Gasteiger partial charge in [-0.3, -0.25) is 9.59 Å². The van der Waals surface area contributed by atoms with Crippen LogP contribution in [-0.2, 0) is 38.1 Å². The second-order valence-electron chi connectivity index (χ2n) is 9.93. The van der Waals surface area contributed by atoms with Crippen LogP contribution in [-0.4, -0.2) is 36.1 Å². The Kier molecular flexibility index (Phi) is 10.1. The Hall–Kier alpha value is -3.42. The maximum atomic E-state index is 13.0. The van der Waals surface area contributed by atoms with Crippen molar-refractivity contribution in [3.63, 3.8) is 0 Å². The molecule has 0 radical (unpaired) electrons. The lowest BCUT2D eigenvalue weighted by Gasteiger charge is -2.30. The molecule has 8 nitrogen and oxygen atoms in total. The molecular formula is C29H36O8. The van der Waals surface area contributed by atoms with E-state index < -0.39 is 30.2 Å². The Balaban J connectivity index is 1.55. The molecule has 0 saturated heterocycles. The second-order valence-corrected chi connectivity index (χ2v) is 9.93. The zero-order valence-electron chi connectivity index (χ0n) is 21.6. The fourth-order valence-electron chi connectivity index (χ4n) is 4.51. The highest BCUT2D eigenvalue weighted by atomic mass is 16.7. The highest BCUT2D eigenvalue weighted by Crippen LogP contribution is 2.32. The standard InChI is InChI=1S/C29H36O8/c1-18(2)25(30)34-23-14-10-20(11-15-23)27(32)36-29(22-8-6-5-7-9-22)37-28(33)21-12-16-24(17-13-21)35-26(31)19(3)4/h5-9,20-21,23-24,29H,1,3,10-17H2,2,4H3. The van der Waals surface area contributed by atoms with Gasteiger partial charge in [-0.1, -0.05) is 43.5 Å². The summed E-state index contributed by atoms with van der Waals surface area (Å²) >= 11 is 0. The first kappa shape index (κ1) is 28.2. The molecule has 2 fully saturated rings. The number of ether oxygens (including phenoxy) is 4. The molecule has 2 saturated carbocycles. The van der Waals surface area contributed by atoms with Crippen LogP contribution in [0.25, 0.3) is 0 Å². The zero-order valence-corrected chi connectivity index (χ0v) is 21.6. The maximum Gasteiger partial charge on any atom is 0.333 e. The van der Waals surface area contributed by atoms with E-state index in [1.807, 2.05) is 6.07 Å². The van der Waals surface area contributed by atoms with E-state index in [9.17, 15) is 19.2 Å². The molecule has 3 rings (SSSR count). The van der Waals surface area contributed by atoms with E-state index in [0.29, 0.717) is 68.1 Å². The lowest BCUT2D eigenvalue weighted by Crippen LogP contribution is -2.32. The molecule has 200 valence electrons. The van der Waals surface area contributed by atoms with Crippen LogP contribution in [0.3, 0.4) is 0 Å². The monoisotopic (exact) mass is 512 g/mol. The summed E-state index contributed by atoms with van der Waals surface area (Å²) in [6, 6.07) is 8.88. The van der Waals surface area contributed by atoms with E-state index in [0.717, 1.165) is 0 Å². The summed E-state index contributed by atoms with van der Waals surface area (Å²) in [5.41, 5.74) is 1.25. The van der Waals surface area contributed by atoms with Crippen molar-refractivity contribution in [2.45, 2.75) is 83.7 Å². The highest BCUT2D eigenvalue weighted by Gasteiger charge is 2.34. The molecule has 0 bridgehead atoms. The first-order valence-electron chi connectivity index (χ1n) is 12.8. The van der Waals surface area contributed by atoms with Crippen molar-refractivity contribution in [3.05, 3.63) is 60.2 Å². The summed E-state index contributed by atoms with van der Waals surface area (Å²) in [5.74, 6) is -2.48. The molecule has 0 aliphatic heterocycles. The van der Waals surface area contributed by atoms with Crippen molar-refractivity contribution in [3.8, 4) is 0 Å². The number of benzene rings is 1. The molecular weight excluding hydrogens is 476 g/mol. The smallest absolute Gasteiger partial charge is 0.333 e. The molecule has 0 atom stereocenters. The molecule has 2 aliphatic carbocycles. The number of rotatable bonds is 9. The minimum absolute atomic E-state index is 0.249. The van der Waals surface area contributed by atoms with Crippen molar-refractivity contribution in [2.75, 3.05) is 0 Å². The predicted molar refractivity (Wildman–Crippen MR) is 135 cm³/mol. The Labute approximate surface area is 218 Å². The lowest BCUT2D eigenvalue weighted by molar-refractivity contribution is -0.197. The van der Waals surface area contributed by atoms with Gasteiger partial charge in [-0.25, -0.2) is 9.59 Å².